The average Bonchev–Trinajstić information content (AvgIpc) is 2.87. The second-order valence-corrected chi connectivity index (χ2v) is 4.65. The van der Waals surface area contributed by atoms with E-state index in [4.69, 9.17) is 16.3 Å². The first-order valence-corrected chi connectivity index (χ1v) is 6.24. The van der Waals surface area contributed by atoms with E-state index in [9.17, 15) is 4.79 Å². The van der Waals surface area contributed by atoms with E-state index in [0.29, 0.717) is 22.1 Å². The number of carbonyl (C=O) groups is 1. The highest BCUT2D eigenvalue weighted by Gasteiger charge is 2.10. The summed E-state index contributed by atoms with van der Waals surface area (Å²) in [5, 5.41) is 4.63. The van der Waals surface area contributed by atoms with Gasteiger partial charge in [0.05, 0.1) is 12.4 Å². The average molecular weight is 272 g/mol. The fourth-order valence-electron chi connectivity index (χ4n) is 1.26. The van der Waals surface area contributed by atoms with Crippen LogP contribution in [0, 0.1) is 0 Å². The van der Waals surface area contributed by atoms with Gasteiger partial charge in [0.1, 0.15) is 4.88 Å². The van der Waals surface area contributed by atoms with Crippen LogP contribution in [0.15, 0.2) is 12.4 Å². The lowest BCUT2D eigenvalue weighted by Gasteiger charge is -1.96. The number of halogens is 1. The maximum absolute atomic E-state index is 10.6. The highest BCUT2D eigenvalue weighted by atomic mass is 35.5. The molecule has 2 rings (SSSR count). The molecular formula is C10H10ClN3O2S. The first kappa shape index (κ1) is 12.1. The van der Waals surface area contributed by atoms with Gasteiger partial charge in [-0.05, 0) is 6.42 Å². The molecule has 7 heteroatoms. The summed E-state index contributed by atoms with van der Waals surface area (Å²) >= 11 is 6.84. The van der Waals surface area contributed by atoms with E-state index in [2.05, 4.69) is 17.0 Å². The van der Waals surface area contributed by atoms with Gasteiger partial charge in [0.25, 0.3) is 5.19 Å². The smallest absolute Gasteiger partial charge is 0.280 e. The third-order valence-electron chi connectivity index (χ3n) is 1.96. The lowest BCUT2D eigenvalue weighted by atomic mass is 10.5. The van der Waals surface area contributed by atoms with E-state index in [1.807, 2.05) is 0 Å². The Bertz CT molecular complexity index is 523. The summed E-state index contributed by atoms with van der Waals surface area (Å²) in [6.45, 7) is 2.90. The van der Waals surface area contributed by atoms with Gasteiger partial charge in [-0.2, -0.15) is 10.1 Å². The number of carbonyl (C=O) groups excluding carboxylic acids is 1. The molecule has 0 atom stereocenters. The normalized spacial score (nSPS) is 10.5. The van der Waals surface area contributed by atoms with Gasteiger partial charge in [0.15, 0.2) is 17.2 Å². The first-order valence-electron chi connectivity index (χ1n) is 5.04. The number of rotatable bonds is 5. The Morgan fingerprint density at radius 1 is 1.65 bits per heavy atom. The van der Waals surface area contributed by atoms with Crippen LogP contribution in [0.1, 0.15) is 23.0 Å². The Morgan fingerprint density at radius 3 is 3.12 bits per heavy atom. The predicted molar refractivity (Wildman–Crippen MR) is 65.1 cm³/mol. The Hall–Kier alpha value is -1.40. The largest absolute Gasteiger partial charge is 0.427 e. The predicted octanol–water partition coefficient (Wildman–Crippen LogP) is 3.01. The molecule has 0 bridgehead atoms. The van der Waals surface area contributed by atoms with Gasteiger partial charge in [-0.25, -0.2) is 0 Å². The molecule has 2 aromatic rings. The standard InChI is InChI=1S/C10H10ClN3O2S/c1-2-3-14-5-7(4-12-14)16-10-13-9(11)8(6-15)17-10/h4-6H,2-3H2,1H3. The molecule has 0 aliphatic carbocycles. The summed E-state index contributed by atoms with van der Waals surface area (Å²) in [4.78, 5) is 14.9. The molecule has 0 amide bonds. The lowest BCUT2D eigenvalue weighted by molar-refractivity contribution is 0.112. The van der Waals surface area contributed by atoms with Crippen LogP contribution in [0.25, 0.3) is 0 Å². The van der Waals surface area contributed by atoms with Crippen LogP contribution >= 0.6 is 22.9 Å². The van der Waals surface area contributed by atoms with Gasteiger partial charge >= 0.3 is 0 Å². The van der Waals surface area contributed by atoms with Crippen LogP contribution in [0.2, 0.25) is 5.15 Å². The van der Waals surface area contributed by atoms with Gasteiger partial charge < -0.3 is 4.74 Å². The van der Waals surface area contributed by atoms with E-state index in [1.54, 1.807) is 17.1 Å². The zero-order chi connectivity index (χ0) is 12.3. The molecule has 0 saturated heterocycles. The number of thiazole rings is 1. The van der Waals surface area contributed by atoms with Crippen molar-refractivity contribution in [3.8, 4) is 10.9 Å². The van der Waals surface area contributed by atoms with Crippen LogP contribution in [-0.2, 0) is 6.54 Å². The molecule has 90 valence electrons. The number of hydrogen-bond acceptors (Lipinski definition) is 5. The number of aldehydes is 1. The maximum Gasteiger partial charge on any atom is 0.280 e. The molecule has 0 aromatic carbocycles. The van der Waals surface area contributed by atoms with Gasteiger partial charge in [-0.15, -0.1) is 0 Å². The highest BCUT2D eigenvalue weighted by molar-refractivity contribution is 7.15. The molecule has 0 unspecified atom stereocenters. The Kier molecular flexibility index (Phi) is 3.75. The minimum atomic E-state index is 0.168. The van der Waals surface area contributed by atoms with Gasteiger partial charge in [-0.3, -0.25) is 9.48 Å². The zero-order valence-electron chi connectivity index (χ0n) is 9.09. The molecule has 0 spiro atoms. The summed E-state index contributed by atoms with van der Waals surface area (Å²) in [6, 6.07) is 0. The summed E-state index contributed by atoms with van der Waals surface area (Å²) in [5.74, 6) is 0.585. The fourth-order valence-corrected chi connectivity index (χ4v) is 2.19. The van der Waals surface area contributed by atoms with Crippen molar-refractivity contribution in [1.82, 2.24) is 14.8 Å². The Morgan fingerprint density at radius 2 is 2.47 bits per heavy atom. The van der Waals surface area contributed by atoms with Crippen LogP contribution in [0.4, 0.5) is 0 Å². The van der Waals surface area contributed by atoms with Crippen molar-refractivity contribution in [3.05, 3.63) is 22.4 Å². The fraction of sp³-hybridized carbons (Fsp3) is 0.300. The van der Waals surface area contributed by atoms with Crippen LogP contribution in [0.3, 0.4) is 0 Å². The van der Waals surface area contributed by atoms with E-state index in [-0.39, 0.29) is 5.15 Å². The Balaban J connectivity index is 2.10. The molecule has 2 heterocycles. The van der Waals surface area contributed by atoms with E-state index in [0.717, 1.165) is 24.3 Å². The Labute approximate surface area is 107 Å². The number of aryl methyl sites for hydroxylation is 1. The summed E-state index contributed by atoms with van der Waals surface area (Å²) in [7, 11) is 0. The van der Waals surface area contributed by atoms with Gasteiger partial charge in [0, 0.05) is 6.54 Å². The monoisotopic (exact) mass is 271 g/mol. The lowest BCUT2D eigenvalue weighted by Crippen LogP contribution is -1.95. The topological polar surface area (TPSA) is 57.0 Å². The van der Waals surface area contributed by atoms with Crippen molar-refractivity contribution >= 4 is 29.2 Å². The van der Waals surface area contributed by atoms with Crippen LogP contribution < -0.4 is 4.74 Å². The number of ether oxygens (including phenoxy) is 1. The summed E-state index contributed by atoms with van der Waals surface area (Å²) in [5.41, 5.74) is 0. The second-order valence-electron chi connectivity index (χ2n) is 3.29. The maximum atomic E-state index is 10.6. The molecule has 0 aliphatic rings. The minimum absolute atomic E-state index is 0.168. The minimum Gasteiger partial charge on any atom is -0.427 e. The van der Waals surface area contributed by atoms with Gasteiger partial charge in [0.2, 0.25) is 0 Å². The van der Waals surface area contributed by atoms with Crippen molar-refractivity contribution in [2.45, 2.75) is 19.9 Å². The zero-order valence-corrected chi connectivity index (χ0v) is 10.7. The van der Waals surface area contributed by atoms with Gasteiger partial charge in [-0.1, -0.05) is 29.9 Å². The SMILES string of the molecule is CCCn1cc(Oc2nc(Cl)c(C=O)s2)cn1. The molecule has 5 nitrogen and oxygen atoms in total. The first-order chi connectivity index (χ1) is 8.22. The summed E-state index contributed by atoms with van der Waals surface area (Å²) < 4.78 is 7.23. The number of hydrogen-bond donors (Lipinski definition) is 0. The van der Waals surface area contributed by atoms with Crippen molar-refractivity contribution in [2.75, 3.05) is 0 Å². The molecule has 0 saturated carbocycles. The van der Waals surface area contributed by atoms with Crippen molar-refractivity contribution in [2.24, 2.45) is 0 Å². The molecule has 2 aromatic heterocycles. The van der Waals surface area contributed by atoms with Crippen molar-refractivity contribution in [1.29, 1.82) is 0 Å². The molecular weight excluding hydrogens is 262 g/mol. The number of aromatic nitrogens is 3. The summed E-state index contributed by atoms with van der Waals surface area (Å²) in [6.07, 6.45) is 5.04. The van der Waals surface area contributed by atoms with Crippen molar-refractivity contribution < 1.29 is 9.53 Å². The third-order valence-corrected chi connectivity index (χ3v) is 3.22. The molecule has 0 fully saturated rings. The highest BCUT2D eigenvalue weighted by Crippen LogP contribution is 2.30. The molecule has 0 aliphatic heterocycles. The molecule has 17 heavy (non-hydrogen) atoms. The quantitative estimate of drug-likeness (QED) is 0.785. The number of nitrogens with zero attached hydrogens (tertiary/aromatic N) is 3. The van der Waals surface area contributed by atoms with E-state index in [1.165, 1.54) is 0 Å². The third kappa shape index (κ3) is 2.83. The van der Waals surface area contributed by atoms with E-state index >= 15 is 0 Å². The van der Waals surface area contributed by atoms with Crippen molar-refractivity contribution in [3.63, 3.8) is 0 Å². The second kappa shape index (κ2) is 5.29. The molecule has 0 radical (unpaired) electrons. The van der Waals surface area contributed by atoms with E-state index < -0.39 is 0 Å². The van der Waals surface area contributed by atoms with Crippen LogP contribution in [-0.4, -0.2) is 21.1 Å². The van der Waals surface area contributed by atoms with Crippen LogP contribution in [0.5, 0.6) is 10.9 Å². The molecule has 0 N–H and O–H groups in total.